The highest BCUT2D eigenvalue weighted by Crippen LogP contribution is 2.36. The predicted molar refractivity (Wildman–Crippen MR) is 106 cm³/mol. The molecule has 0 spiro atoms. The van der Waals surface area contributed by atoms with E-state index in [0.29, 0.717) is 13.0 Å². The maximum atomic E-state index is 11.7. The second-order valence-electron chi connectivity index (χ2n) is 8.41. The Morgan fingerprint density at radius 1 is 1.04 bits per heavy atom. The van der Waals surface area contributed by atoms with Crippen molar-refractivity contribution in [1.82, 2.24) is 9.80 Å². The minimum Gasteiger partial charge on any atom is -0.492 e. The minimum absolute atomic E-state index is 0.219. The number of rotatable bonds is 5. The third kappa shape index (κ3) is 4.65. The van der Waals surface area contributed by atoms with Gasteiger partial charge < -0.3 is 18.9 Å². The van der Waals surface area contributed by atoms with Crippen LogP contribution in [0.2, 0.25) is 0 Å². The first-order valence-corrected chi connectivity index (χ1v) is 9.73. The molecule has 0 saturated carbocycles. The van der Waals surface area contributed by atoms with E-state index in [0.717, 1.165) is 37.4 Å². The minimum atomic E-state index is -0.351. The summed E-state index contributed by atoms with van der Waals surface area (Å²) < 4.78 is 18.0. The Labute approximate surface area is 162 Å². The lowest BCUT2D eigenvalue weighted by atomic mass is 9.79. The van der Waals surface area contributed by atoms with Gasteiger partial charge in [0.05, 0.1) is 11.2 Å². The molecular weight excluding hydrogens is 343 g/mol. The SMILES string of the molecule is CN1CCN(CCOc2ccc(B3OC(C)(C)C(C)(C)O3)cc2)CCC1=O. The predicted octanol–water partition coefficient (Wildman–Crippen LogP) is 1.53. The number of amides is 1. The van der Waals surface area contributed by atoms with E-state index < -0.39 is 0 Å². The molecule has 0 aromatic heterocycles. The lowest BCUT2D eigenvalue weighted by Gasteiger charge is -2.32. The number of benzene rings is 1. The third-order valence-electron chi connectivity index (χ3n) is 5.90. The molecule has 7 heteroatoms. The molecule has 0 bridgehead atoms. The van der Waals surface area contributed by atoms with E-state index in [-0.39, 0.29) is 24.2 Å². The molecule has 1 aromatic carbocycles. The summed E-state index contributed by atoms with van der Waals surface area (Å²) in [6, 6.07) is 7.91. The van der Waals surface area contributed by atoms with Crippen LogP contribution in [-0.4, -0.2) is 73.9 Å². The van der Waals surface area contributed by atoms with Gasteiger partial charge in [-0.15, -0.1) is 0 Å². The van der Waals surface area contributed by atoms with Crippen molar-refractivity contribution < 1.29 is 18.8 Å². The van der Waals surface area contributed by atoms with Gasteiger partial charge in [-0.2, -0.15) is 0 Å². The van der Waals surface area contributed by atoms with E-state index >= 15 is 0 Å². The second kappa shape index (κ2) is 7.82. The van der Waals surface area contributed by atoms with Crippen molar-refractivity contribution in [2.24, 2.45) is 0 Å². The van der Waals surface area contributed by atoms with Gasteiger partial charge in [-0.05, 0) is 45.3 Å². The molecule has 27 heavy (non-hydrogen) atoms. The van der Waals surface area contributed by atoms with Crippen molar-refractivity contribution >= 4 is 18.5 Å². The molecule has 0 aliphatic carbocycles. The Balaban J connectivity index is 1.48. The normalized spacial score (nSPS) is 22.8. The van der Waals surface area contributed by atoms with Crippen LogP contribution >= 0.6 is 0 Å². The van der Waals surface area contributed by atoms with Gasteiger partial charge in [-0.1, -0.05) is 12.1 Å². The van der Waals surface area contributed by atoms with E-state index in [1.807, 2.05) is 31.3 Å². The molecule has 0 unspecified atom stereocenters. The zero-order valence-electron chi connectivity index (χ0n) is 17.2. The Morgan fingerprint density at radius 2 is 1.67 bits per heavy atom. The van der Waals surface area contributed by atoms with Gasteiger partial charge in [0.25, 0.3) is 0 Å². The number of likely N-dealkylation sites (N-methyl/N-ethyl adjacent to an activating group) is 1. The van der Waals surface area contributed by atoms with Gasteiger partial charge >= 0.3 is 7.12 Å². The molecule has 0 atom stereocenters. The molecule has 1 amide bonds. The van der Waals surface area contributed by atoms with Gasteiger partial charge in [-0.3, -0.25) is 9.69 Å². The maximum Gasteiger partial charge on any atom is 0.494 e. The molecular formula is C20H31BN2O4. The van der Waals surface area contributed by atoms with E-state index in [4.69, 9.17) is 14.0 Å². The average Bonchev–Trinajstić information content (AvgIpc) is 2.72. The first-order valence-electron chi connectivity index (χ1n) is 9.73. The monoisotopic (exact) mass is 374 g/mol. The molecule has 0 radical (unpaired) electrons. The highest BCUT2D eigenvalue weighted by Gasteiger charge is 2.51. The molecule has 2 aliphatic heterocycles. The van der Waals surface area contributed by atoms with Crippen LogP contribution in [0, 0.1) is 0 Å². The van der Waals surface area contributed by atoms with E-state index in [2.05, 4.69) is 32.6 Å². The lowest BCUT2D eigenvalue weighted by molar-refractivity contribution is -0.129. The van der Waals surface area contributed by atoms with E-state index in [1.54, 1.807) is 4.90 Å². The molecule has 2 fully saturated rings. The van der Waals surface area contributed by atoms with Crippen molar-refractivity contribution in [3.63, 3.8) is 0 Å². The molecule has 3 rings (SSSR count). The van der Waals surface area contributed by atoms with Gasteiger partial charge in [0.2, 0.25) is 5.91 Å². The number of hydrogen-bond acceptors (Lipinski definition) is 5. The summed E-state index contributed by atoms with van der Waals surface area (Å²) in [5.74, 6) is 1.05. The van der Waals surface area contributed by atoms with Gasteiger partial charge in [0.15, 0.2) is 0 Å². The summed E-state index contributed by atoms with van der Waals surface area (Å²) in [5.41, 5.74) is 0.320. The third-order valence-corrected chi connectivity index (χ3v) is 5.90. The van der Waals surface area contributed by atoms with Gasteiger partial charge in [0, 0.05) is 39.6 Å². The van der Waals surface area contributed by atoms with Crippen molar-refractivity contribution in [3.05, 3.63) is 24.3 Å². The molecule has 2 heterocycles. The summed E-state index contributed by atoms with van der Waals surface area (Å²) in [7, 11) is 1.51. The van der Waals surface area contributed by atoms with Crippen LogP contribution in [0.1, 0.15) is 34.1 Å². The average molecular weight is 374 g/mol. The fourth-order valence-corrected chi connectivity index (χ4v) is 3.19. The first-order chi connectivity index (χ1) is 12.7. The van der Waals surface area contributed by atoms with Crippen LogP contribution in [0.25, 0.3) is 0 Å². The molecule has 0 N–H and O–H groups in total. The van der Waals surface area contributed by atoms with Gasteiger partial charge in [-0.25, -0.2) is 0 Å². The molecule has 6 nitrogen and oxygen atoms in total. The van der Waals surface area contributed by atoms with Crippen molar-refractivity contribution in [2.45, 2.75) is 45.3 Å². The Bertz CT molecular complexity index is 646. The smallest absolute Gasteiger partial charge is 0.492 e. The summed E-state index contributed by atoms with van der Waals surface area (Å²) in [5, 5.41) is 0. The summed E-state index contributed by atoms with van der Waals surface area (Å²) in [6.07, 6.45) is 0.583. The summed E-state index contributed by atoms with van der Waals surface area (Å²) in [4.78, 5) is 15.8. The van der Waals surface area contributed by atoms with Gasteiger partial charge in [0.1, 0.15) is 12.4 Å². The highest BCUT2D eigenvalue weighted by atomic mass is 16.7. The lowest BCUT2D eigenvalue weighted by Crippen LogP contribution is -2.41. The fourth-order valence-electron chi connectivity index (χ4n) is 3.19. The maximum absolute atomic E-state index is 11.7. The fraction of sp³-hybridized carbons (Fsp3) is 0.650. The van der Waals surface area contributed by atoms with Crippen LogP contribution in [0.4, 0.5) is 0 Å². The van der Waals surface area contributed by atoms with Crippen LogP contribution in [0.3, 0.4) is 0 Å². The Kier molecular flexibility index (Phi) is 5.84. The number of carbonyl (C=O) groups excluding carboxylic acids is 1. The molecule has 2 aliphatic rings. The Morgan fingerprint density at radius 3 is 2.30 bits per heavy atom. The van der Waals surface area contributed by atoms with Crippen LogP contribution in [-0.2, 0) is 14.1 Å². The zero-order valence-corrected chi connectivity index (χ0v) is 17.2. The standard InChI is InChI=1S/C20H31BN2O4/c1-19(2)20(3,4)27-21(26-19)16-6-8-17(9-7-16)25-15-14-23-11-10-18(24)22(5)12-13-23/h6-9H,10-15H2,1-5H3. The van der Waals surface area contributed by atoms with Crippen molar-refractivity contribution in [3.8, 4) is 5.75 Å². The molecule has 2 saturated heterocycles. The zero-order chi connectivity index (χ0) is 19.7. The van der Waals surface area contributed by atoms with E-state index in [1.165, 1.54) is 0 Å². The van der Waals surface area contributed by atoms with E-state index in [9.17, 15) is 4.79 Å². The topological polar surface area (TPSA) is 51.2 Å². The quantitative estimate of drug-likeness (QED) is 0.732. The highest BCUT2D eigenvalue weighted by molar-refractivity contribution is 6.62. The van der Waals surface area contributed by atoms with Crippen LogP contribution < -0.4 is 10.2 Å². The number of ether oxygens (including phenoxy) is 1. The largest absolute Gasteiger partial charge is 0.494 e. The molecule has 1 aromatic rings. The number of carbonyl (C=O) groups is 1. The number of hydrogen-bond donors (Lipinski definition) is 0. The van der Waals surface area contributed by atoms with Crippen LogP contribution in [0.5, 0.6) is 5.75 Å². The first kappa shape index (κ1) is 20.2. The summed E-state index contributed by atoms with van der Waals surface area (Å²) >= 11 is 0. The van der Waals surface area contributed by atoms with Crippen molar-refractivity contribution in [1.29, 1.82) is 0 Å². The Hall–Kier alpha value is -1.57. The second-order valence-corrected chi connectivity index (χ2v) is 8.41. The number of nitrogens with zero attached hydrogens (tertiary/aromatic N) is 2. The van der Waals surface area contributed by atoms with Crippen LogP contribution in [0.15, 0.2) is 24.3 Å². The van der Waals surface area contributed by atoms with Crippen molar-refractivity contribution in [2.75, 3.05) is 39.8 Å². The molecule has 148 valence electrons. The summed E-state index contributed by atoms with van der Waals surface area (Å²) in [6.45, 7) is 12.1.